The Kier molecular flexibility index (Phi) is 6.00. The lowest BCUT2D eigenvalue weighted by Gasteiger charge is -2.42. The van der Waals surface area contributed by atoms with Gasteiger partial charge in [0.2, 0.25) is 5.91 Å². The van der Waals surface area contributed by atoms with Gasteiger partial charge in [-0.15, -0.1) is 0 Å². The molecular weight excluding hydrogens is 563 g/mol. The van der Waals surface area contributed by atoms with E-state index in [4.69, 9.17) is 23.2 Å². The second-order valence-corrected chi connectivity index (χ2v) is 11.5. The van der Waals surface area contributed by atoms with Crippen molar-refractivity contribution < 1.29 is 28.3 Å². The molecule has 4 atom stereocenters. The van der Waals surface area contributed by atoms with Crippen LogP contribution in [0.15, 0.2) is 66.7 Å². The minimum atomic E-state index is -3.27. The lowest BCUT2D eigenvalue weighted by atomic mass is 9.62. The summed E-state index contributed by atoms with van der Waals surface area (Å²) >= 11 is 12.6. The number of nitrogens with zero attached hydrogens (tertiary/aromatic N) is 1. The molecule has 3 aliphatic rings. The lowest BCUT2D eigenvalue weighted by Crippen LogP contribution is -2.60. The number of aliphatic carboxylic acids is 1. The van der Waals surface area contributed by atoms with Crippen molar-refractivity contribution in [1.82, 2.24) is 4.90 Å². The molecule has 0 aromatic heterocycles. The first-order valence-electron chi connectivity index (χ1n) is 12.6. The van der Waals surface area contributed by atoms with Crippen molar-refractivity contribution >= 4 is 52.4 Å². The molecule has 1 unspecified atom stereocenters. The van der Waals surface area contributed by atoms with E-state index in [0.29, 0.717) is 11.3 Å². The molecule has 0 saturated carbocycles. The zero-order valence-electron chi connectivity index (χ0n) is 21.1. The number of para-hydroxylation sites is 1. The standard InChI is InChI=1S/C29H23Cl2F2N3O4/c1-27(26(39)40)22(24(37)34-20-10-6-5-9-17(20)15-7-3-2-4-8-15)21-13-28(32,33)14-36(21)29(27)18-11-16(30)12-19(31)23(18)35-25(29)38/h2-12,21-22H,13-14H2,1H3,(H,34,37)(H,35,38)(H,39,40)/t21-,22-,27?,29-/m1/s1. The number of benzene rings is 3. The monoisotopic (exact) mass is 585 g/mol. The Balaban J connectivity index is 1.53. The molecule has 40 heavy (non-hydrogen) atoms. The van der Waals surface area contributed by atoms with Gasteiger partial charge in [0.05, 0.1) is 23.2 Å². The Morgan fingerprint density at radius 2 is 1.75 bits per heavy atom. The van der Waals surface area contributed by atoms with Crippen LogP contribution in [-0.2, 0) is 19.9 Å². The number of hydrogen-bond acceptors (Lipinski definition) is 4. The quantitative estimate of drug-likeness (QED) is 0.355. The van der Waals surface area contributed by atoms with E-state index in [0.717, 1.165) is 5.56 Å². The number of alkyl halides is 2. The molecule has 2 fully saturated rings. The van der Waals surface area contributed by atoms with Crippen LogP contribution in [0.2, 0.25) is 10.0 Å². The van der Waals surface area contributed by atoms with E-state index < -0.39 is 59.6 Å². The number of anilines is 2. The summed E-state index contributed by atoms with van der Waals surface area (Å²) in [5.74, 6) is -7.94. The van der Waals surface area contributed by atoms with Crippen molar-refractivity contribution in [3.8, 4) is 11.1 Å². The van der Waals surface area contributed by atoms with Crippen LogP contribution in [0.1, 0.15) is 18.9 Å². The van der Waals surface area contributed by atoms with Gasteiger partial charge < -0.3 is 15.7 Å². The van der Waals surface area contributed by atoms with Crippen molar-refractivity contribution in [2.45, 2.75) is 30.8 Å². The fourth-order valence-electron chi connectivity index (χ4n) is 6.93. The number of nitrogens with one attached hydrogen (secondary N) is 2. The highest BCUT2D eigenvalue weighted by Gasteiger charge is 2.80. The van der Waals surface area contributed by atoms with Gasteiger partial charge in [-0.05, 0) is 30.7 Å². The van der Waals surface area contributed by atoms with Gasteiger partial charge in [-0.3, -0.25) is 19.3 Å². The molecule has 3 aromatic rings. The summed E-state index contributed by atoms with van der Waals surface area (Å²) < 4.78 is 30.1. The molecule has 3 aliphatic heterocycles. The Morgan fingerprint density at radius 3 is 2.45 bits per heavy atom. The van der Waals surface area contributed by atoms with Gasteiger partial charge in [-0.2, -0.15) is 0 Å². The number of rotatable bonds is 4. The second kappa shape index (κ2) is 8.99. The third-order valence-corrected chi connectivity index (χ3v) is 9.02. The molecule has 206 valence electrons. The number of carbonyl (C=O) groups is 3. The molecule has 1 spiro atoms. The van der Waals surface area contributed by atoms with Crippen LogP contribution in [-0.4, -0.2) is 46.3 Å². The van der Waals surface area contributed by atoms with Crippen molar-refractivity contribution in [3.05, 3.63) is 82.3 Å². The average Bonchev–Trinajstić information content (AvgIpc) is 3.44. The lowest BCUT2D eigenvalue weighted by molar-refractivity contribution is -0.164. The van der Waals surface area contributed by atoms with Crippen LogP contribution in [0.25, 0.3) is 11.1 Å². The largest absolute Gasteiger partial charge is 0.481 e. The predicted molar refractivity (Wildman–Crippen MR) is 147 cm³/mol. The van der Waals surface area contributed by atoms with Gasteiger partial charge in [0.25, 0.3) is 11.8 Å². The summed E-state index contributed by atoms with van der Waals surface area (Å²) in [6.45, 7) is 0.352. The maximum absolute atomic E-state index is 15.1. The Morgan fingerprint density at radius 1 is 1.07 bits per heavy atom. The first-order chi connectivity index (χ1) is 18.9. The minimum absolute atomic E-state index is 0.0349. The fourth-order valence-corrected chi connectivity index (χ4v) is 7.47. The average molecular weight is 586 g/mol. The minimum Gasteiger partial charge on any atom is -0.481 e. The van der Waals surface area contributed by atoms with Gasteiger partial charge in [-0.25, -0.2) is 8.78 Å². The Labute approximate surface area is 238 Å². The fraction of sp³-hybridized carbons (Fsp3) is 0.276. The SMILES string of the molecule is CC1(C(=O)O)[C@@H](C(=O)Nc2ccccc2-c2ccccc2)[C@H]2CC(F)(F)CN2[C@]12C(=O)Nc1c(Cl)cc(Cl)cc12. The van der Waals surface area contributed by atoms with Crippen LogP contribution in [0.5, 0.6) is 0 Å². The van der Waals surface area contributed by atoms with E-state index in [1.807, 2.05) is 30.3 Å². The third-order valence-electron chi connectivity index (χ3n) is 8.51. The number of fused-ring (bicyclic) bond motifs is 4. The maximum atomic E-state index is 15.1. The Hall–Kier alpha value is -3.53. The number of carboxylic acid groups (broad SMARTS) is 1. The van der Waals surface area contributed by atoms with Crippen molar-refractivity contribution in [1.29, 1.82) is 0 Å². The van der Waals surface area contributed by atoms with Gasteiger partial charge in [-0.1, -0.05) is 71.7 Å². The van der Waals surface area contributed by atoms with E-state index >= 15 is 8.78 Å². The number of amides is 2. The summed E-state index contributed by atoms with van der Waals surface area (Å²) in [6.07, 6.45) is -0.799. The van der Waals surface area contributed by atoms with E-state index in [1.165, 1.54) is 24.0 Å². The van der Waals surface area contributed by atoms with Gasteiger partial charge in [0.1, 0.15) is 11.0 Å². The molecule has 6 rings (SSSR count). The van der Waals surface area contributed by atoms with Crippen LogP contribution in [0.4, 0.5) is 20.2 Å². The number of carbonyl (C=O) groups excluding carboxylic acids is 2. The predicted octanol–water partition coefficient (Wildman–Crippen LogP) is 5.88. The van der Waals surface area contributed by atoms with Crippen LogP contribution >= 0.6 is 23.2 Å². The van der Waals surface area contributed by atoms with Crippen LogP contribution in [0.3, 0.4) is 0 Å². The summed E-state index contributed by atoms with van der Waals surface area (Å²) in [5, 5.41) is 16.3. The van der Waals surface area contributed by atoms with Crippen LogP contribution < -0.4 is 10.6 Å². The topological polar surface area (TPSA) is 98.7 Å². The molecule has 3 N–H and O–H groups in total. The smallest absolute Gasteiger partial charge is 0.313 e. The normalized spacial score (nSPS) is 28.3. The number of carboxylic acids is 1. The zero-order chi connectivity index (χ0) is 28.6. The first-order valence-corrected chi connectivity index (χ1v) is 13.3. The summed E-state index contributed by atoms with van der Waals surface area (Å²) in [7, 11) is 0. The Bertz CT molecular complexity index is 1590. The molecule has 0 aliphatic carbocycles. The molecule has 0 radical (unpaired) electrons. The molecule has 3 heterocycles. The number of halogens is 4. The summed E-state index contributed by atoms with van der Waals surface area (Å²) in [6, 6.07) is 17.6. The van der Waals surface area contributed by atoms with E-state index in [2.05, 4.69) is 10.6 Å². The first kappa shape index (κ1) is 26.7. The van der Waals surface area contributed by atoms with E-state index in [1.54, 1.807) is 24.3 Å². The highest BCUT2D eigenvalue weighted by atomic mass is 35.5. The molecule has 11 heteroatoms. The van der Waals surface area contributed by atoms with Gasteiger partial charge >= 0.3 is 5.97 Å². The van der Waals surface area contributed by atoms with Crippen LogP contribution in [0, 0.1) is 11.3 Å². The van der Waals surface area contributed by atoms with E-state index in [9.17, 15) is 19.5 Å². The van der Waals surface area contributed by atoms with Gasteiger partial charge in [0, 0.05) is 34.3 Å². The molecule has 2 saturated heterocycles. The third kappa shape index (κ3) is 3.54. The highest BCUT2D eigenvalue weighted by molar-refractivity contribution is 6.38. The maximum Gasteiger partial charge on any atom is 0.313 e. The molecule has 3 aromatic carbocycles. The summed E-state index contributed by atoms with van der Waals surface area (Å²) in [5.41, 5.74) is -2.36. The van der Waals surface area contributed by atoms with E-state index in [-0.39, 0.29) is 21.3 Å². The van der Waals surface area contributed by atoms with Crippen molar-refractivity contribution in [3.63, 3.8) is 0 Å². The van der Waals surface area contributed by atoms with Gasteiger partial charge in [0.15, 0.2) is 0 Å². The molecule has 2 amide bonds. The zero-order valence-corrected chi connectivity index (χ0v) is 22.6. The van der Waals surface area contributed by atoms with Crippen molar-refractivity contribution in [2.75, 3.05) is 17.2 Å². The molecule has 0 bridgehead atoms. The highest BCUT2D eigenvalue weighted by Crippen LogP contribution is 2.66. The van der Waals surface area contributed by atoms with Crippen molar-refractivity contribution in [2.24, 2.45) is 11.3 Å². The molecule has 7 nitrogen and oxygen atoms in total. The summed E-state index contributed by atoms with van der Waals surface area (Å²) in [4.78, 5) is 42.4. The molecular formula is C29H23Cl2F2N3O4. The number of hydrogen-bond donors (Lipinski definition) is 3. The second-order valence-electron chi connectivity index (χ2n) is 10.6.